The first-order chi connectivity index (χ1) is 11.0. The maximum absolute atomic E-state index is 13.2. The summed E-state index contributed by atoms with van der Waals surface area (Å²) in [5.41, 5.74) is 0.784. The third-order valence-corrected chi connectivity index (χ3v) is 4.07. The summed E-state index contributed by atoms with van der Waals surface area (Å²) in [5, 5.41) is 14.2. The zero-order valence-corrected chi connectivity index (χ0v) is 12.8. The number of hydrogen-bond donors (Lipinski definition) is 1. The molecule has 0 bridgehead atoms. The van der Waals surface area contributed by atoms with Gasteiger partial charge in [0.05, 0.1) is 9.95 Å². The number of rotatable bonds is 4. The molecule has 23 heavy (non-hydrogen) atoms. The molecule has 2 heterocycles. The predicted molar refractivity (Wildman–Crippen MR) is 86.5 cm³/mol. The second-order valence-corrected chi connectivity index (χ2v) is 5.71. The molecule has 120 valence electrons. The number of aromatic nitrogens is 1. The fourth-order valence-electron chi connectivity index (χ4n) is 2.64. The number of hydrogen-bond acceptors (Lipinski definition) is 5. The molecule has 2 aromatic rings. The zero-order chi connectivity index (χ0) is 16.4. The van der Waals surface area contributed by atoms with Crippen LogP contribution in [0.4, 0.5) is 21.6 Å². The Balaban J connectivity index is 1.71. The van der Waals surface area contributed by atoms with Gasteiger partial charge in [0.25, 0.3) is 0 Å². The van der Waals surface area contributed by atoms with Gasteiger partial charge in [0.15, 0.2) is 0 Å². The van der Waals surface area contributed by atoms with Crippen LogP contribution in [0.5, 0.6) is 0 Å². The van der Waals surface area contributed by atoms with Crippen molar-refractivity contribution in [1.29, 1.82) is 0 Å². The second kappa shape index (κ2) is 6.37. The monoisotopic (exact) mass is 336 g/mol. The number of anilines is 2. The van der Waals surface area contributed by atoms with E-state index in [4.69, 9.17) is 11.6 Å². The number of nitrogens with one attached hydrogen (secondary N) is 1. The molecule has 1 unspecified atom stereocenters. The van der Waals surface area contributed by atoms with Gasteiger partial charge in [0, 0.05) is 37.1 Å². The highest BCUT2D eigenvalue weighted by Crippen LogP contribution is 2.28. The molecular formula is C15H14ClFN4O2. The minimum absolute atomic E-state index is 0.0208. The highest BCUT2D eigenvalue weighted by Gasteiger charge is 2.25. The van der Waals surface area contributed by atoms with E-state index in [1.807, 2.05) is 0 Å². The summed E-state index contributed by atoms with van der Waals surface area (Å²) >= 11 is 5.81. The van der Waals surface area contributed by atoms with Crippen molar-refractivity contribution in [1.82, 2.24) is 4.98 Å². The lowest BCUT2D eigenvalue weighted by Gasteiger charge is -2.19. The van der Waals surface area contributed by atoms with Crippen LogP contribution in [-0.4, -0.2) is 29.0 Å². The summed E-state index contributed by atoms with van der Waals surface area (Å²) in [4.78, 5) is 16.7. The van der Waals surface area contributed by atoms with Crippen molar-refractivity contribution in [3.05, 3.63) is 57.5 Å². The Morgan fingerprint density at radius 2 is 2.26 bits per heavy atom. The van der Waals surface area contributed by atoms with Crippen LogP contribution in [-0.2, 0) is 0 Å². The minimum atomic E-state index is -0.457. The molecule has 1 aliphatic rings. The van der Waals surface area contributed by atoms with E-state index in [2.05, 4.69) is 15.2 Å². The van der Waals surface area contributed by atoms with E-state index in [-0.39, 0.29) is 22.6 Å². The lowest BCUT2D eigenvalue weighted by atomic mass is 10.2. The number of pyridine rings is 1. The summed E-state index contributed by atoms with van der Waals surface area (Å²) in [7, 11) is 0. The van der Waals surface area contributed by atoms with Gasteiger partial charge in [-0.2, -0.15) is 0 Å². The molecule has 1 N–H and O–H groups in total. The third-order valence-electron chi connectivity index (χ3n) is 3.78. The maximum Gasteiger partial charge on any atom is 0.311 e. The highest BCUT2D eigenvalue weighted by molar-refractivity contribution is 6.31. The maximum atomic E-state index is 13.2. The van der Waals surface area contributed by atoms with Crippen molar-refractivity contribution >= 4 is 28.8 Å². The van der Waals surface area contributed by atoms with Gasteiger partial charge in [-0.05, 0) is 30.7 Å². The predicted octanol–water partition coefficient (Wildman–Crippen LogP) is 3.47. The van der Waals surface area contributed by atoms with Gasteiger partial charge in [-0.1, -0.05) is 11.6 Å². The van der Waals surface area contributed by atoms with Gasteiger partial charge >= 0.3 is 5.69 Å². The van der Waals surface area contributed by atoms with Gasteiger partial charge in [0.1, 0.15) is 5.82 Å². The van der Waals surface area contributed by atoms with Gasteiger partial charge in [0.2, 0.25) is 5.82 Å². The Bertz CT molecular complexity index is 743. The molecule has 1 aliphatic heterocycles. The smallest absolute Gasteiger partial charge is 0.311 e. The minimum Gasteiger partial charge on any atom is -0.369 e. The van der Waals surface area contributed by atoms with Crippen molar-refractivity contribution in [3.8, 4) is 0 Å². The van der Waals surface area contributed by atoms with Gasteiger partial charge < -0.3 is 10.2 Å². The van der Waals surface area contributed by atoms with Crippen LogP contribution >= 0.6 is 11.6 Å². The first kappa shape index (κ1) is 15.5. The van der Waals surface area contributed by atoms with Gasteiger partial charge in [-0.25, -0.2) is 9.37 Å². The quantitative estimate of drug-likeness (QED) is 0.683. The van der Waals surface area contributed by atoms with Crippen molar-refractivity contribution in [2.45, 2.75) is 12.5 Å². The molecule has 3 rings (SSSR count). The average molecular weight is 337 g/mol. The first-order valence-corrected chi connectivity index (χ1v) is 7.48. The van der Waals surface area contributed by atoms with Gasteiger partial charge in [-0.15, -0.1) is 0 Å². The fraction of sp³-hybridized carbons (Fsp3) is 0.267. The number of nitrogens with zero attached hydrogens (tertiary/aromatic N) is 3. The molecule has 0 saturated carbocycles. The first-order valence-electron chi connectivity index (χ1n) is 7.10. The second-order valence-electron chi connectivity index (χ2n) is 5.30. The number of nitro groups is 1. The number of halogens is 2. The van der Waals surface area contributed by atoms with Crippen LogP contribution in [0.25, 0.3) is 0 Å². The van der Waals surface area contributed by atoms with E-state index in [1.54, 1.807) is 12.1 Å². The van der Waals surface area contributed by atoms with Crippen LogP contribution in [0.15, 0.2) is 36.5 Å². The molecule has 6 nitrogen and oxygen atoms in total. The summed E-state index contributed by atoms with van der Waals surface area (Å²) in [6, 6.07) is 7.57. The molecule has 1 aromatic carbocycles. The molecule has 0 spiro atoms. The average Bonchev–Trinajstić information content (AvgIpc) is 2.99. The summed E-state index contributed by atoms with van der Waals surface area (Å²) in [6.45, 7) is 1.38. The lowest BCUT2D eigenvalue weighted by Crippen LogP contribution is -2.26. The van der Waals surface area contributed by atoms with E-state index in [1.165, 1.54) is 24.4 Å². The molecule has 1 aromatic heterocycles. The Kier molecular flexibility index (Phi) is 4.29. The van der Waals surface area contributed by atoms with Crippen LogP contribution in [0.3, 0.4) is 0 Å². The molecule has 0 radical (unpaired) electrons. The summed E-state index contributed by atoms with van der Waals surface area (Å²) in [6.07, 6.45) is 2.31. The standard InChI is InChI=1S/C15H14ClFN4O2/c16-12-8-11(3-4-13(12)17)20-7-5-10(9-20)19-15-14(21(22)23)2-1-6-18-15/h1-4,6,8,10H,5,7,9H2,(H,18,19). The van der Waals surface area contributed by atoms with Crippen molar-refractivity contribution in [3.63, 3.8) is 0 Å². The Labute approximate surface area is 137 Å². The number of benzene rings is 1. The Morgan fingerprint density at radius 3 is 3.00 bits per heavy atom. The molecular weight excluding hydrogens is 323 g/mol. The topological polar surface area (TPSA) is 71.3 Å². The molecule has 0 amide bonds. The molecule has 1 fully saturated rings. The molecule has 1 atom stereocenters. The normalized spacial score (nSPS) is 17.3. The summed E-state index contributed by atoms with van der Waals surface area (Å²) in [5.74, 6) is -0.185. The SMILES string of the molecule is O=[N+]([O-])c1cccnc1NC1CCN(c2ccc(F)c(Cl)c2)C1. The third kappa shape index (κ3) is 3.34. The van der Waals surface area contributed by atoms with Crippen LogP contribution in [0.2, 0.25) is 5.02 Å². The van der Waals surface area contributed by atoms with Crippen molar-refractivity contribution in [2.75, 3.05) is 23.3 Å². The Morgan fingerprint density at radius 1 is 1.43 bits per heavy atom. The van der Waals surface area contributed by atoms with E-state index in [0.29, 0.717) is 6.54 Å². The van der Waals surface area contributed by atoms with E-state index < -0.39 is 10.7 Å². The largest absolute Gasteiger partial charge is 0.369 e. The molecule has 8 heteroatoms. The summed E-state index contributed by atoms with van der Waals surface area (Å²) < 4.78 is 13.2. The zero-order valence-electron chi connectivity index (χ0n) is 12.1. The van der Waals surface area contributed by atoms with Crippen LogP contribution in [0.1, 0.15) is 6.42 Å². The van der Waals surface area contributed by atoms with Crippen LogP contribution < -0.4 is 10.2 Å². The van der Waals surface area contributed by atoms with E-state index in [9.17, 15) is 14.5 Å². The van der Waals surface area contributed by atoms with Crippen molar-refractivity contribution in [2.24, 2.45) is 0 Å². The van der Waals surface area contributed by atoms with E-state index >= 15 is 0 Å². The molecule has 1 saturated heterocycles. The van der Waals surface area contributed by atoms with Crippen LogP contribution in [0, 0.1) is 15.9 Å². The molecule has 0 aliphatic carbocycles. The fourth-order valence-corrected chi connectivity index (χ4v) is 2.82. The van der Waals surface area contributed by atoms with E-state index in [0.717, 1.165) is 18.7 Å². The Hall–Kier alpha value is -2.41. The highest BCUT2D eigenvalue weighted by atomic mass is 35.5. The lowest BCUT2D eigenvalue weighted by molar-refractivity contribution is -0.384. The van der Waals surface area contributed by atoms with Crippen molar-refractivity contribution < 1.29 is 9.31 Å². The van der Waals surface area contributed by atoms with Gasteiger partial charge in [-0.3, -0.25) is 10.1 Å².